The van der Waals surface area contributed by atoms with Crippen LogP contribution in [0.4, 0.5) is 0 Å². The molecule has 1 amide bonds. The minimum Gasteiger partial charge on any atom is -0.341 e. The van der Waals surface area contributed by atoms with Gasteiger partial charge in [-0.3, -0.25) is 4.79 Å². The van der Waals surface area contributed by atoms with E-state index < -0.39 is 0 Å². The van der Waals surface area contributed by atoms with E-state index in [2.05, 4.69) is 0 Å². The van der Waals surface area contributed by atoms with Crippen LogP contribution in [0.25, 0.3) is 0 Å². The van der Waals surface area contributed by atoms with Gasteiger partial charge >= 0.3 is 0 Å². The van der Waals surface area contributed by atoms with Crippen LogP contribution in [0, 0.1) is 0 Å². The molecule has 1 aromatic rings. The van der Waals surface area contributed by atoms with Crippen LogP contribution in [0.15, 0.2) is 12.1 Å². The van der Waals surface area contributed by atoms with Crippen molar-refractivity contribution in [2.45, 2.75) is 25.9 Å². The van der Waals surface area contributed by atoms with Gasteiger partial charge in [0.25, 0.3) is 0 Å². The lowest BCUT2D eigenvalue weighted by Crippen LogP contribution is -2.31. The Bertz CT molecular complexity index is 338. The molecule has 0 aliphatic heterocycles. The van der Waals surface area contributed by atoms with Gasteiger partial charge in [-0.05, 0) is 19.1 Å². The van der Waals surface area contributed by atoms with Crippen molar-refractivity contribution < 1.29 is 4.79 Å². The third kappa shape index (κ3) is 4.20. The molecular formula is C10H15ClN2OS. The predicted octanol–water partition coefficient (Wildman–Crippen LogP) is 2.10. The van der Waals surface area contributed by atoms with Gasteiger partial charge in [-0.25, -0.2) is 0 Å². The fourth-order valence-electron chi connectivity index (χ4n) is 1.19. The number of nitrogens with zero attached hydrogens (tertiary/aromatic N) is 1. The van der Waals surface area contributed by atoms with Gasteiger partial charge in [0.15, 0.2) is 0 Å². The molecule has 2 N–H and O–H groups in total. The topological polar surface area (TPSA) is 46.3 Å². The molecule has 1 atom stereocenters. The van der Waals surface area contributed by atoms with Crippen LogP contribution >= 0.6 is 22.9 Å². The van der Waals surface area contributed by atoms with Crippen LogP contribution in [0.2, 0.25) is 4.34 Å². The van der Waals surface area contributed by atoms with Gasteiger partial charge in [-0.1, -0.05) is 11.6 Å². The van der Waals surface area contributed by atoms with Gasteiger partial charge in [0.2, 0.25) is 5.91 Å². The number of halogens is 1. The molecule has 3 nitrogen and oxygen atoms in total. The first-order valence-electron chi connectivity index (χ1n) is 4.73. The molecule has 0 aliphatic carbocycles. The highest BCUT2D eigenvalue weighted by Crippen LogP contribution is 2.22. The second-order valence-electron chi connectivity index (χ2n) is 3.64. The highest BCUT2D eigenvalue weighted by atomic mass is 35.5. The molecule has 0 bridgehead atoms. The van der Waals surface area contributed by atoms with Crippen molar-refractivity contribution in [1.29, 1.82) is 0 Å². The number of hydrogen-bond acceptors (Lipinski definition) is 3. The summed E-state index contributed by atoms with van der Waals surface area (Å²) >= 11 is 7.30. The number of carbonyl (C=O) groups excluding carboxylic acids is 1. The summed E-state index contributed by atoms with van der Waals surface area (Å²) in [5.74, 6) is 0.0644. The highest BCUT2D eigenvalue weighted by Gasteiger charge is 2.11. The molecule has 1 heterocycles. The van der Waals surface area contributed by atoms with Gasteiger partial charge in [0.1, 0.15) is 0 Å². The van der Waals surface area contributed by atoms with Crippen molar-refractivity contribution >= 4 is 28.8 Å². The van der Waals surface area contributed by atoms with E-state index in [9.17, 15) is 4.79 Å². The number of thiophene rings is 1. The molecule has 1 rings (SSSR count). The highest BCUT2D eigenvalue weighted by molar-refractivity contribution is 7.16. The SMILES string of the molecule is CC(N)CC(=O)N(C)Cc1ccc(Cl)s1. The first-order valence-corrected chi connectivity index (χ1v) is 5.92. The summed E-state index contributed by atoms with van der Waals surface area (Å²) in [4.78, 5) is 14.3. The normalized spacial score (nSPS) is 12.5. The average molecular weight is 247 g/mol. The zero-order valence-corrected chi connectivity index (χ0v) is 10.4. The molecule has 0 aliphatic rings. The maximum atomic E-state index is 11.6. The van der Waals surface area contributed by atoms with Gasteiger partial charge < -0.3 is 10.6 Å². The first kappa shape index (κ1) is 12.5. The van der Waals surface area contributed by atoms with Crippen molar-refractivity contribution in [3.8, 4) is 0 Å². The molecular weight excluding hydrogens is 232 g/mol. The summed E-state index contributed by atoms with van der Waals surface area (Å²) in [5, 5.41) is 0. The Balaban J connectivity index is 2.48. The van der Waals surface area contributed by atoms with E-state index in [0.717, 1.165) is 9.21 Å². The molecule has 0 fully saturated rings. The standard InChI is InChI=1S/C10H15ClN2OS/c1-7(12)5-10(14)13(2)6-8-3-4-9(11)15-8/h3-4,7H,5-6,12H2,1-2H3. The Kier molecular flexibility index (Phi) is 4.57. The summed E-state index contributed by atoms with van der Waals surface area (Å²) in [6.45, 7) is 2.43. The Morgan fingerprint density at radius 2 is 2.33 bits per heavy atom. The Labute approximate surface area is 98.8 Å². The second-order valence-corrected chi connectivity index (χ2v) is 5.44. The Morgan fingerprint density at radius 1 is 1.67 bits per heavy atom. The van der Waals surface area contributed by atoms with E-state index in [1.165, 1.54) is 11.3 Å². The average Bonchev–Trinajstić information content (AvgIpc) is 2.50. The first-order chi connectivity index (χ1) is 6.99. The fourth-order valence-corrected chi connectivity index (χ4v) is 2.33. The molecule has 1 unspecified atom stereocenters. The summed E-state index contributed by atoms with van der Waals surface area (Å²) in [7, 11) is 1.78. The predicted molar refractivity (Wildman–Crippen MR) is 64.1 cm³/mol. The third-order valence-electron chi connectivity index (χ3n) is 1.94. The largest absolute Gasteiger partial charge is 0.341 e. The number of nitrogens with two attached hydrogens (primary N) is 1. The number of hydrogen-bond donors (Lipinski definition) is 1. The smallest absolute Gasteiger partial charge is 0.224 e. The molecule has 84 valence electrons. The maximum Gasteiger partial charge on any atom is 0.224 e. The second kappa shape index (κ2) is 5.49. The molecule has 1 aromatic heterocycles. The lowest BCUT2D eigenvalue weighted by Gasteiger charge is -2.17. The van der Waals surface area contributed by atoms with Gasteiger partial charge in [-0.2, -0.15) is 0 Å². The molecule has 0 spiro atoms. The Hall–Kier alpha value is -0.580. The van der Waals surface area contributed by atoms with E-state index in [-0.39, 0.29) is 11.9 Å². The third-order valence-corrected chi connectivity index (χ3v) is 3.16. The van der Waals surface area contributed by atoms with Crippen LogP contribution in [-0.4, -0.2) is 23.9 Å². The van der Waals surface area contributed by atoms with Crippen molar-refractivity contribution in [3.05, 3.63) is 21.3 Å². The monoisotopic (exact) mass is 246 g/mol. The van der Waals surface area contributed by atoms with E-state index >= 15 is 0 Å². The van der Waals surface area contributed by atoms with E-state index in [1.807, 2.05) is 19.1 Å². The van der Waals surface area contributed by atoms with Gasteiger partial charge in [0, 0.05) is 24.4 Å². The lowest BCUT2D eigenvalue weighted by molar-refractivity contribution is -0.130. The summed E-state index contributed by atoms with van der Waals surface area (Å²) in [5.41, 5.74) is 5.56. The van der Waals surface area contributed by atoms with Crippen molar-refractivity contribution in [2.24, 2.45) is 5.73 Å². The van der Waals surface area contributed by atoms with Crippen LogP contribution in [0.1, 0.15) is 18.2 Å². The molecule has 0 saturated carbocycles. The molecule has 0 aromatic carbocycles. The fraction of sp³-hybridized carbons (Fsp3) is 0.500. The van der Waals surface area contributed by atoms with Crippen LogP contribution in [0.5, 0.6) is 0 Å². The van der Waals surface area contributed by atoms with Crippen molar-refractivity contribution in [1.82, 2.24) is 4.90 Å². The van der Waals surface area contributed by atoms with Crippen molar-refractivity contribution in [2.75, 3.05) is 7.05 Å². The minimum absolute atomic E-state index is 0.0644. The van der Waals surface area contributed by atoms with E-state index in [1.54, 1.807) is 11.9 Å². The lowest BCUT2D eigenvalue weighted by atomic mass is 10.2. The van der Waals surface area contributed by atoms with Crippen LogP contribution < -0.4 is 5.73 Å². The van der Waals surface area contributed by atoms with Crippen LogP contribution in [-0.2, 0) is 11.3 Å². The van der Waals surface area contributed by atoms with Gasteiger partial charge in [0.05, 0.1) is 10.9 Å². The molecule has 0 saturated heterocycles. The Morgan fingerprint density at radius 3 is 2.80 bits per heavy atom. The summed E-state index contributed by atoms with van der Waals surface area (Å²) < 4.78 is 0.748. The molecule has 5 heteroatoms. The summed E-state index contributed by atoms with van der Waals surface area (Å²) in [6.07, 6.45) is 0.385. The quantitative estimate of drug-likeness (QED) is 0.885. The molecule has 15 heavy (non-hydrogen) atoms. The maximum absolute atomic E-state index is 11.6. The van der Waals surface area contributed by atoms with Crippen molar-refractivity contribution in [3.63, 3.8) is 0 Å². The number of rotatable bonds is 4. The van der Waals surface area contributed by atoms with Gasteiger partial charge in [-0.15, -0.1) is 11.3 Å². The zero-order chi connectivity index (χ0) is 11.4. The van der Waals surface area contributed by atoms with E-state index in [0.29, 0.717) is 13.0 Å². The zero-order valence-electron chi connectivity index (χ0n) is 8.87. The number of amides is 1. The summed E-state index contributed by atoms with van der Waals surface area (Å²) in [6, 6.07) is 3.68. The number of carbonyl (C=O) groups is 1. The van der Waals surface area contributed by atoms with E-state index in [4.69, 9.17) is 17.3 Å². The minimum atomic E-state index is -0.0909. The van der Waals surface area contributed by atoms with Crippen LogP contribution in [0.3, 0.4) is 0 Å². The molecule has 0 radical (unpaired) electrons.